The lowest BCUT2D eigenvalue weighted by molar-refractivity contribution is -0.156. The standard InChI is InChI=1S/C34H42N2O4/c1-23(2)29-15-11-25(4)20-32(29)40-33(37)8-6-5-7-18-39-28-14-16-30-31(21-28)36(27-12-9-24(3)10-13-27)34(35-30)26-17-19-38-22-26/h9-10,12-14,16-17,19,21-23,25,29,32H,5-8,11,15,18,20H2,1-4H3. The van der Waals surface area contributed by atoms with Crippen LogP contribution in [0.3, 0.4) is 0 Å². The van der Waals surface area contributed by atoms with Crippen molar-refractivity contribution in [3.63, 3.8) is 0 Å². The fourth-order valence-electron chi connectivity index (χ4n) is 5.90. The van der Waals surface area contributed by atoms with Gasteiger partial charge < -0.3 is 13.9 Å². The molecule has 0 aliphatic heterocycles. The third-order valence-corrected chi connectivity index (χ3v) is 8.24. The summed E-state index contributed by atoms with van der Waals surface area (Å²) in [7, 11) is 0. The second-order valence-corrected chi connectivity index (χ2v) is 11.8. The number of carbonyl (C=O) groups is 1. The van der Waals surface area contributed by atoms with Crippen LogP contribution < -0.4 is 4.74 Å². The van der Waals surface area contributed by atoms with Crippen molar-refractivity contribution in [1.29, 1.82) is 0 Å². The number of benzene rings is 2. The zero-order valence-electron chi connectivity index (χ0n) is 24.3. The number of imidazole rings is 1. The van der Waals surface area contributed by atoms with E-state index in [4.69, 9.17) is 18.9 Å². The molecule has 0 spiro atoms. The summed E-state index contributed by atoms with van der Waals surface area (Å²) in [5, 5.41) is 0. The predicted molar refractivity (Wildman–Crippen MR) is 159 cm³/mol. The first kappa shape index (κ1) is 28.0. The number of hydrogen-bond acceptors (Lipinski definition) is 5. The number of carbonyl (C=O) groups excluding carboxylic acids is 1. The molecule has 0 amide bonds. The molecule has 2 aromatic heterocycles. The van der Waals surface area contributed by atoms with Gasteiger partial charge in [-0.1, -0.05) is 44.9 Å². The van der Waals surface area contributed by atoms with E-state index in [0.29, 0.717) is 30.8 Å². The summed E-state index contributed by atoms with van der Waals surface area (Å²) < 4.78 is 19.6. The highest BCUT2D eigenvalue weighted by Crippen LogP contribution is 2.36. The molecule has 3 atom stereocenters. The number of hydrogen-bond donors (Lipinski definition) is 0. The number of aromatic nitrogens is 2. The van der Waals surface area contributed by atoms with Crippen molar-refractivity contribution >= 4 is 17.0 Å². The summed E-state index contributed by atoms with van der Waals surface area (Å²) >= 11 is 0. The maximum Gasteiger partial charge on any atom is 0.306 e. The molecule has 1 aliphatic rings. The molecule has 0 N–H and O–H groups in total. The van der Waals surface area contributed by atoms with E-state index < -0.39 is 0 Å². The topological polar surface area (TPSA) is 66.5 Å². The van der Waals surface area contributed by atoms with E-state index in [0.717, 1.165) is 66.0 Å². The summed E-state index contributed by atoms with van der Waals surface area (Å²) in [6.45, 7) is 9.44. The number of nitrogens with zero attached hydrogens (tertiary/aromatic N) is 2. The monoisotopic (exact) mass is 542 g/mol. The average molecular weight is 543 g/mol. The number of unbranched alkanes of at least 4 members (excludes halogenated alkanes) is 2. The molecular weight excluding hydrogens is 500 g/mol. The highest BCUT2D eigenvalue weighted by atomic mass is 16.5. The molecular formula is C34H42N2O4. The van der Waals surface area contributed by atoms with Gasteiger partial charge in [-0.05, 0) is 87.1 Å². The number of aryl methyl sites for hydroxylation is 1. The quantitative estimate of drug-likeness (QED) is 0.140. The first-order valence-corrected chi connectivity index (χ1v) is 14.8. The van der Waals surface area contributed by atoms with Gasteiger partial charge in [-0.2, -0.15) is 0 Å². The molecule has 1 fully saturated rings. The second-order valence-electron chi connectivity index (χ2n) is 11.8. The van der Waals surface area contributed by atoms with Gasteiger partial charge in [0.15, 0.2) is 0 Å². The van der Waals surface area contributed by atoms with Crippen LogP contribution >= 0.6 is 0 Å². The van der Waals surface area contributed by atoms with Crippen LogP contribution in [0.15, 0.2) is 65.5 Å². The highest BCUT2D eigenvalue weighted by Gasteiger charge is 2.33. The summed E-state index contributed by atoms with van der Waals surface area (Å²) in [5.41, 5.74) is 5.05. The first-order chi connectivity index (χ1) is 19.4. The van der Waals surface area contributed by atoms with E-state index in [9.17, 15) is 4.79 Å². The van der Waals surface area contributed by atoms with E-state index in [-0.39, 0.29) is 12.1 Å². The summed E-state index contributed by atoms with van der Waals surface area (Å²) in [4.78, 5) is 17.4. The van der Waals surface area contributed by atoms with Gasteiger partial charge in [0, 0.05) is 18.2 Å². The molecule has 0 bridgehead atoms. The van der Waals surface area contributed by atoms with Crippen LogP contribution in [0.2, 0.25) is 0 Å². The number of esters is 1. The first-order valence-electron chi connectivity index (χ1n) is 14.8. The minimum atomic E-state index is -0.0473. The Balaban J connectivity index is 1.16. The molecule has 0 radical (unpaired) electrons. The largest absolute Gasteiger partial charge is 0.494 e. The maximum absolute atomic E-state index is 12.6. The Morgan fingerprint density at radius 3 is 2.65 bits per heavy atom. The highest BCUT2D eigenvalue weighted by molar-refractivity contribution is 5.84. The van der Waals surface area contributed by atoms with Crippen LogP contribution in [0.4, 0.5) is 0 Å². The molecule has 40 heavy (non-hydrogen) atoms. The third kappa shape index (κ3) is 6.60. The Morgan fingerprint density at radius 2 is 1.90 bits per heavy atom. The van der Waals surface area contributed by atoms with Gasteiger partial charge in [-0.3, -0.25) is 9.36 Å². The van der Waals surface area contributed by atoms with Crippen molar-refractivity contribution in [2.45, 2.75) is 78.7 Å². The molecule has 1 saturated carbocycles. The van der Waals surface area contributed by atoms with Gasteiger partial charge in [-0.25, -0.2) is 4.98 Å². The number of rotatable bonds is 11. The minimum Gasteiger partial charge on any atom is -0.494 e. The molecule has 2 heterocycles. The third-order valence-electron chi connectivity index (χ3n) is 8.24. The van der Waals surface area contributed by atoms with E-state index in [1.165, 1.54) is 12.0 Å². The molecule has 1 aliphatic carbocycles. The smallest absolute Gasteiger partial charge is 0.306 e. The van der Waals surface area contributed by atoms with Gasteiger partial charge in [0.05, 0.1) is 29.5 Å². The van der Waals surface area contributed by atoms with Crippen molar-refractivity contribution in [3.05, 3.63) is 66.6 Å². The fourth-order valence-corrected chi connectivity index (χ4v) is 5.90. The van der Waals surface area contributed by atoms with Gasteiger partial charge in [0.2, 0.25) is 0 Å². The molecule has 6 nitrogen and oxygen atoms in total. The number of ether oxygens (including phenoxy) is 2. The summed E-state index contributed by atoms with van der Waals surface area (Å²) in [5.74, 6) is 3.27. The minimum absolute atomic E-state index is 0.0473. The predicted octanol–water partition coefficient (Wildman–Crippen LogP) is 8.54. The number of furan rings is 1. The van der Waals surface area contributed by atoms with Gasteiger partial charge in [0.1, 0.15) is 23.9 Å². The SMILES string of the molecule is Cc1ccc(-n2c(-c3ccoc3)nc3ccc(OCCCCCC(=O)OC4CC(C)CCC4C(C)C)cc32)cc1. The fraction of sp³-hybridized carbons (Fsp3) is 0.471. The lowest BCUT2D eigenvalue weighted by Crippen LogP contribution is -2.35. The number of fused-ring (bicyclic) bond motifs is 1. The lowest BCUT2D eigenvalue weighted by Gasteiger charge is -2.36. The van der Waals surface area contributed by atoms with Gasteiger partial charge >= 0.3 is 5.97 Å². The molecule has 6 heteroatoms. The Bertz CT molecular complexity index is 1390. The molecule has 5 rings (SSSR count). The summed E-state index contributed by atoms with van der Waals surface area (Å²) in [6, 6.07) is 16.4. The molecule has 3 unspecified atom stereocenters. The zero-order valence-corrected chi connectivity index (χ0v) is 24.3. The van der Waals surface area contributed by atoms with Crippen LogP contribution in [0, 0.1) is 24.7 Å². The Hall–Kier alpha value is -3.54. The van der Waals surface area contributed by atoms with Crippen LogP contribution in [0.5, 0.6) is 5.75 Å². The van der Waals surface area contributed by atoms with Gasteiger partial charge in [-0.15, -0.1) is 0 Å². The van der Waals surface area contributed by atoms with Crippen LogP contribution in [0.1, 0.15) is 71.3 Å². The zero-order chi connectivity index (χ0) is 28.1. The Labute approximate surface area is 237 Å². The van der Waals surface area contributed by atoms with Gasteiger partial charge in [0.25, 0.3) is 0 Å². The molecule has 212 valence electrons. The van der Waals surface area contributed by atoms with Crippen LogP contribution in [-0.4, -0.2) is 28.2 Å². The van der Waals surface area contributed by atoms with Crippen molar-refractivity contribution in [3.8, 4) is 22.8 Å². The second kappa shape index (κ2) is 12.8. The Morgan fingerprint density at radius 1 is 1.07 bits per heavy atom. The maximum atomic E-state index is 12.6. The van der Waals surface area contributed by atoms with Crippen LogP contribution in [-0.2, 0) is 9.53 Å². The van der Waals surface area contributed by atoms with Crippen molar-refractivity contribution in [2.75, 3.05) is 6.61 Å². The summed E-state index contributed by atoms with van der Waals surface area (Å²) in [6.07, 6.45) is 9.99. The van der Waals surface area contributed by atoms with E-state index in [1.54, 1.807) is 12.5 Å². The van der Waals surface area contributed by atoms with Crippen LogP contribution in [0.25, 0.3) is 28.1 Å². The average Bonchev–Trinajstić information content (AvgIpc) is 3.59. The lowest BCUT2D eigenvalue weighted by atomic mass is 9.75. The van der Waals surface area contributed by atoms with E-state index >= 15 is 0 Å². The van der Waals surface area contributed by atoms with Crippen molar-refractivity contribution < 1.29 is 18.7 Å². The molecule has 0 saturated heterocycles. The normalized spacial score (nSPS) is 19.3. The van der Waals surface area contributed by atoms with E-state index in [2.05, 4.69) is 62.6 Å². The van der Waals surface area contributed by atoms with E-state index in [1.807, 2.05) is 18.2 Å². The van der Waals surface area contributed by atoms with Crippen molar-refractivity contribution in [2.24, 2.45) is 17.8 Å². The van der Waals surface area contributed by atoms with Crippen molar-refractivity contribution in [1.82, 2.24) is 9.55 Å². The molecule has 4 aromatic rings. The molecule has 2 aromatic carbocycles. The Kier molecular flexibility index (Phi) is 8.93.